The summed E-state index contributed by atoms with van der Waals surface area (Å²) in [5, 5.41) is 10.4. The molecule has 0 amide bonds. The third-order valence-corrected chi connectivity index (χ3v) is 4.38. The predicted molar refractivity (Wildman–Crippen MR) is 84.6 cm³/mol. The predicted octanol–water partition coefficient (Wildman–Crippen LogP) is 2.75. The van der Waals surface area contributed by atoms with Crippen LogP contribution in [-0.2, 0) is 25.6 Å². The monoisotopic (exact) mass is 340 g/mol. The third-order valence-electron chi connectivity index (χ3n) is 4.38. The molecule has 1 aromatic rings. The molecule has 2 heterocycles. The van der Waals surface area contributed by atoms with E-state index in [-0.39, 0.29) is 12.4 Å². The van der Waals surface area contributed by atoms with Crippen molar-refractivity contribution in [1.82, 2.24) is 0 Å². The summed E-state index contributed by atoms with van der Waals surface area (Å²) in [6.45, 7) is 5.69. The van der Waals surface area contributed by atoms with Crippen molar-refractivity contribution >= 4 is 0 Å². The van der Waals surface area contributed by atoms with Gasteiger partial charge in [-0.1, -0.05) is 31.5 Å². The van der Waals surface area contributed by atoms with Crippen LogP contribution in [0.1, 0.15) is 39.2 Å². The summed E-state index contributed by atoms with van der Waals surface area (Å²) in [7, 11) is 0. The zero-order valence-electron chi connectivity index (χ0n) is 14.3. The van der Waals surface area contributed by atoms with Gasteiger partial charge in [-0.3, -0.25) is 0 Å². The first-order chi connectivity index (χ1) is 11.4. The number of hydrogen-bond donors (Lipinski definition) is 1. The second-order valence-corrected chi connectivity index (χ2v) is 6.79. The average molecular weight is 340 g/mol. The zero-order chi connectivity index (χ0) is 17.3. The van der Waals surface area contributed by atoms with Crippen LogP contribution >= 0.6 is 0 Å². The number of halogens is 1. The number of benzene rings is 1. The quantitative estimate of drug-likeness (QED) is 0.863. The minimum atomic E-state index is -0.768. The molecule has 2 aliphatic rings. The number of aliphatic hydroxyl groups is 1. The third kappa shape index (κ3) is 3.63. The molecule has 2 saturated heterocycles. The first kappa shape index (κ1) is 17.8. The maximum absolute atomic E-state index is 13.8. The second-order valence-electron chi connectivity index (χ2n) is 6.79. The molecule has 1 aromatic carbocycles. The van der Waals surface area contributed by atoms with Gasteiger partial charge >= 0.3 is 0 Å². The lowest BCUT2D eigenvalue weighted by molar-refractivity contribution is -0.230. The van der Waals surface area contributed by atoms with E-state index in [1.165, 1.54) is 6.07 Å². The summed E-state index contributed by atoms with van der Waals surface area (Å²) in [5.41, 5.74) is 0.461. The standard InChI is InChI=1S/C18H25FO5/c1-4-7-13(20)14-15(16-17(22-14)24-18(2,3)23-16)21-10-11-8-5-6-9-12(11)19/h5-6,8-9,13-17,20H,4,7,10H2,1-3H3/t13-,14-,15+,16-,17-/m1/s1. The molecule has 1 N–H and O–H groups in total. The summed E-state index contributed by atoms with van der Waals surface area (Å²) in [6.07, 6.45) is -1.36. The van der Waals surface area contributed by atoms with Crippen LogP contribution in [0.15, 0.2) is 24.3 Å². The van der Waals surface area contributed by atoms with E-state index >= 15 is 0 Å². The molecule has 0 aliphatic carbocycles. The molecule has 0 radical (unpaired) electrons. The molecule has 5 atom stereocenters. The van der Waals surface area contributed by atoms with Crippen LogP contribution in [0, 0.1) is 5.82 Å². The van der Waals surface area contributed by atoms with Gasteiger partial charge in [0, 0.05) is 5.56 Å². The van der Waals surface area contributed by atoms with Crippen molar-refractivity contribution in [1.29, 1.82) is 0 Å². The molecule has 6 heteroatoms. The largest absolute Gasteiger partial charge is 0.390 e. The van der Waals surface area contributed by atoms with E-state index in [4.69, 9.17) is 18.9 Å². The Kier molecular flexibility index (Phi) is 5.22. The van der Waals surface area contributed by atoms with Crippen LogP contribution in [0.4, 0.5) is 4.39 Å². The number of ether oxygens (including phenoxy) is 4. The maximum atomic E-state index is 13.8. The Hall–Kier alpha value is -1.05. The molecule has 0 unspecified atom stereocenters. The molecule has 2 fully saturated rings. The van der Waals surface area contributed by atoms with Crippen molar-refractivity contribution in [3.8, 4) is 0 Å². The lowest BCUT2D eigenvalue weighted by atomic mass is 10.0. The van der Waals surface area contributed by atoms with Crippen LogP contribution in [0.2, 0.25) is 0 Å². The summed E-state index contributed by atoms with van der Waals surface area (Å²) in [4.78, 5) is 0. The molecule has 0 saturated carbocycles. The highest BCUT2D eigenvalue weighted by molar-refractivity contribution is 5.16. The highest BCUT2D eigenvalue weighted by Crippen LogP contribution is 2.40. The highest BCUT2D eigenvalue weighted by Gasteiger charge is 2.56. The van der Waals surface area contributed by atoms with E-state index < -0.39 is 36.5 Å². The van der Waals surface area contributed by atoms with Gasteiger partial charge in [0.2, 0.25) is 0 Å². The first-order valence-electron chi connectivity index (χ1n) is 8.45. The lowest BCUT2D eigenvalue weighted by Gasteiger charge is -2.28. The van der Waals surface area contributed by atoms with Crippen LogP contribution in [-0.4, -0.2) is 41.6 Å². The Balaban J connectivity index is 1.73. The van der Waals surface area contributed by atoms with Crippen molar-refractivity contribution < 1.29 is 28.4 Å². The number of rotatable bonds is 6. The Bertz CT molecular complexity index is 564. The molecular weight excluding hydrogens is 315 g/mol. The van der Waals surface area contributed by atoms with E-state index in [0.29, 0.717) is 12.0 Å². The van der Waals surface area contributed by atoms with Gasteiger partial charge in [-0.25, -0.2) is 4.39 Å². The van der Waals surface area contributed by atoms with Crippen molar-refractivity contribution in [2.75, 3.05) is 0 Å². The molecule has 0 spiro atoms. The van der Waals surface area contributed by atoms with E-state index in [1.807, 2.05) is 6.92 Å². The van der Waals surface area contributed by atoms with E-state index in [1.54, 1.807) is 32.0 Å². The fourth-order valence-electron chi connectivity index (χ4n) is 3.27. The van der Waals surface area contributed by atoms with Crippen LogP contribution in [0.3, 0.4) is 0 Å². The van der Waals surface area contributed by atoms with E-state index in [0.717, 1.165) is 6.42 Å². The molecular formula is C18H25FO5. The topological polar surface area (TPSA) is 57.2 Å². The molecule has 5 nitrogen and oxygen atoms in total. The summed E-state index contributed by atoms with van der Waals surface area (Å²) in [5.74, 6) is -1.09. The SMILES string of the molecule is CCC[C@@H](O)[C@H]1O[C@@H]2OC(C)(C)O[C@@H]2[C@H]1OCc1ccccc1F. The first-order valence-corrected chi connectivity index (χ1v) is 8.45. The summed E-state index contributed by atoms with van der Waals surface area (Å²) >= 11 is 0. The van der Waals surface area contributed by atoms with Gasteiger partial charge in [0.1, 0.15) is 24.1 Å². The molecule has 24 heavy (non-hydrogen) atoms. The van der Waals surface area contributed by atoms with Gasteiger partial charge in [0.15, 0.2) is 12.1 Å². The highest BCUT2D eigenvalue weighted by atomic mass is 19.1. The van der Waals surface area contributed by atoms with Crippen molar-refractivity contribution in [3.05, 3.63) is 35.6 Å². The van der Waals surface area contributed by atoms with Gasteiger partial charge in [0.25, 0.3) is 0 Å². The van der Waals surface area contributed by atoms with Crippen LogP contribution in [0.25, 0.3) is 0 Å². The fourth-order valence-corrected chi connectivity index (χ4v) is 3.27. The van der Waals surface area contributed by atoms with Gasteiger partial charge < -0.3 is 24.1 Å². The van der Waals surface area contributed by atoms with Crippen LogP contribution < -0.4 is 0 Å². The summed E-state index contributed by atoms with van der Waals surface area (Å²) < 4.78 is 37.2. The Labute approximate surface area is 141 Å². The average Bonchev–Trinajstić information content (AvgIpc) is 2.99. The minimum absolute atomic E-state index is 0.0864. The Morgan fingerprint density at radius 2 is 2.04 bits per heavy atom. The smallest absolute Gasteiger partial charge is 0.190 e. The zero-order valence-corrected chi connectivity index (χ0v) is 14.3. The minimum Gasteiger partial charge on any atom is -0.390 e. The Morgan fingerprint density at radius 1 is 1.29 bits per heavy atom. The maximum Gasteiger partial charge on any atom is 0.190 e. The fraction of sp³-hybridized carbons (Fsp3) is 0.667. The van der Waals surface area contributed by atoms with Crippen molar-refractivity contribution in [2.24, 2.45) is 0 Å². The molecule has 3 rings (SSSR count). The molecule has 134 valence electrons. The number of fused-ring (bicyclic) bond motifs is 1. The van der Waals surface area contributed by atoms with Gasteiger partial charge in [0.05, 0.1) is 12.7 Å². The van der Waals surface area contributed by atoms with E-state index in [9.17, 15) is 9.50 Å². The number of aliphatic hydroxyl groups excluding tert-OH is 1. The molecule has 2 aliphatic heterocycles. The Morgan fingerprint density at radius 3 is 2.75 bits per heavy atom. The van der Waals surface area contributed by atoms with Crippen LogP contribution in [0.5, 0.6) is 0 Å². The van der Waals surface area contributed by atoms with E-state index in [2.05, 4.69) is 0 Å². The van der Waals surface area contributed by atoms with Crippen molar-refractivity contribution in [2.45, 2.75) is 76.7 Å². The summed E-state index contributed by atoms with van der Waals surface area (Å²) in [6, 6.07) is 6.47. The van der Waals surface area contributed by atoms with Gasteiger partial charge in [-0.05, 0) is 26.3 Å². The lowest BCUT2D eigenvalue weighted by Crippen LogP contribution is -2.42. The second kappa shape index (κ2) is 7.06. The van der Waals surface area contributed by atoms with Crippen molar-refractivity contribution in [3.63, 3.8) is 0 Å². The molecule has 0 aromatic heterocycles. The molecule has 0 bridgehead atoms. The van der Waals surface area contributed by atoms with Gasteiger partial charge in [-0.15, -0.1) is 0 Å². The van der Waals surface area contributed by atoms with Gasteiger partial charge in [-0.2, -0.15) is 0 Å². The normalized spacial score (nSPS) is 32.7. The number of hydrogen-bond acceptors (Lipinski definition) is 5.